The van der Waals surface area contributed by atoms with E-state index in [1.807, 2.05) is 0 Å². The summed E-state index contributed by atoms with van der Waals surface area (Å²) in [4.78, 5) is 2.45. The lowest BCUT2D eigenvalue weighted by Crippen LogP contribution is -2.26. The summed E-state index contributed by atoms with van der Waals surface area (Å²) in [6, 6.07) is 73.3. The summed E-state index contributed by atoms with van der Waals surface area (Å²) in [5.74, 6) is 0. The van der Waals surface area contributed by atoms with Gasteiger partial charge in [-0.05, 0) is 91.5 Å². The Morgan fingerprint density at radius 3 is 1.40 bits per heavy atom. The molecule has 0 fully saturated rings. The molecule has 2 aliphatic carbocycles. The summed E-state index contributed by atoms with van der Waals surface area (Å²) in [6.45, 7) is 0. The zero-order chi connectivity index (χ0) is 33.1. The average Bonchev–Trinajstić information content (AvgIpc) is 3.68. The molecule has 0 aromatic heterocycles. The van der Waals surface area contributed by atoms with Crippen LogP contribution in [0.4, 0.5) is 17.1 Å². The Morgan fingerprint density at radius 1 is 0.320 bits per heavy atom. The Hall–Kier alpha value is -6.44. The lowest BCUT2D eigenvalue weighted by atomic mass is 9.70. The van der Waals surface area contributed by atoms with Gasteiger partial charge < -0.3 is 4.90 Å². The van der Waals surface area contributed by atoms with E-state index < -0.39 is 5.41 Å². The summed E-state index contributed by atoms with van der Waals surface area (Å²) in [6.07, 6.45) is 0. The third-order valence-corrected chi connectivity index (χ3v) is 10.7. The molecule has 8 aromatic rings. The van der Waals surface area contributed by atoms with Crippen molar-refractivity contribution in [1.29, 1.82) is 0 Å². The molecule has 1 atom stereocenters. The molecule has 0 heterocycles. The van der Waals surface area contributed by atoms with Crippen LogP contribution in [-0.2, 0) is 5.41 Å². The zero-order valence-corrected chi connectivity index (χ0v) is 27.5. The van der Waals surface area contributed by atoms with Crippen LogP contribution >= 0.6 is 0 Å². The smallest absolute Gasteiger partial charge is 0.0726 e. The molecule has 10 rings (SSSR count). The molecular weight excluding hydrogens is 603 g/mol. The first-order chi connectivity index (χ1) is 24.8. The molecule has 0 radical (unpaired) electrons. The number of rotatable bonds is 6. The monoisotopic (exact) mass is 635 g/mol. The van der Waals surface area contributed by atoms with Crippen LogP contribution in [0.1, 0.15) is 22.3 Å². The van der Waals surface area contributed by atoms with Gasteiger partial charge in [-0.2, -0.15) is 0 Å². The highest BCUT2D eigenvalue weighted by molar-refractivity contribution is 6.04. The SMILES string of the molecule is c1ccc(-c2ccc(N(c3ccc(-c4ccccc4)cc3)c3cccc4c3-c3cccc5c3[C@]4(c3ccccc3)c3ccccc3-5)cc2)cc1. The quantitative estimate of drug-likeness (QED) is 0.176. The normalized spacial score (nSPS) is 14.9. The van der Waals surface area contributed by atoms with E-state index in [1.54, 1.807) is 0 Å². The minimum Gasteiger partial charge on any atom is -0.310 e. The maximum atomic E-state index is 2.45. The van der Waals surface area contributed by atoms with Gasteiger partial charge in [0.25, 0.3) is 0 Å². The van der Waals surface area contributed by atoms with E-state index in [1.165, 1.54) is 72.4 Å². The van der Waals surface area contributed by atoms with Crippen LogP contribution in [0.25, 0.3) is 44.5 Å². The van der Waals surface area contributed by atoms with Crippen molar-refractivity contribution in [2.75, 3.05) is 4.90 Å². The topological polar surface area (TPSA) is 3.24 Å². The second-order valence-corrected chi connectivity index (χ2v) is 13.3. The standard InChI is InChI=1S/C49H33N/c1-4-14-34(15-5-1)36-26-30-39(31-27-36)50(40-32-28-37(29-33-40)35-16-6-2-7-17-35)46-25-13-24-45-47(46)43-22-12-21-42-41-20-10-11-23-44(41)49(45,48(42)43)38-18-8-3-9-19-38/h1-33H/t49-/m1/s1. The number of hydrogen-bond acceptors (Lipinski definition) is 1. The van der Waals surface area contributed by atoms with Gasteiger partial charge in [0, 0.05) is 16.9 Å². The zero-order valence-electron chi connectivity index (χ0n) is 27.5. The molecule has 50 heavy (non-hydrogen) atoms. The Bertz CT molecular complexity index is 2420. The summed E-state index contributed by atoms with van der Waals surface area (Å²) in [7, 11) is 0. The van der Waals surface area contributed by atoms with E-state index in [4.69, 9.17) is 0 Å². The van der Waals surface area contributed by atoms with Gasteiger partial charge in [0.1, 0.15) is 0 Å². The van der Waals surface area contributed by atoms with Gasteiger partial charge in [0.2, 0.25) is 0 Å². The van der Waals surface area contributed by atoms with Crippen molar-refractivity contribution < 1.29 is 0 Å². The van der Waals surface area contributed by atoms with Gasteiger partial charge >= 0.3 is 0 Å². The third kappa shape index (κ3) is 4.14. The second kappa shape index (κ2) is 11.3. The molecule has 0 amide bonds. The Kier molecular flexibility index (Phi) is 6.47. The summed E-state index contributed by atoms with van der Waals surface area (Å²) in [5.41, 5.74) is 18.5. The molecule has 2 aliphatic rings. The van der Waals surface area contributed by atoms with Crippen molar-refractivity contribution >= 4 is 17.1 Å². The Morgan fingerprint density at radius 2 is 0.780 bits per heavy atom. The van der Waals surface area contributed by atoms with Crippen LogP contribution in [0.5, 0.6) is 0 Å². The Labute approximate surface area is 293 Å². The summed E-state index contributed by atoms with van der Waals surface area (Å²) >= 11 is 0. The first-order valence-corrected chi connectivity index (χ1v) is 17.4. The Balaban J connectivity index is 1.22. The highest BCUT2D eigenvalue weighted by atomic mass is 15.1. The molecule has 1 nitrogen and oxygen atoms in total. The van der Waals surface area contributed by atoms with E-state index in [2.05, 4.69) is 205 Å². The lowest BCUT2D eigenvalue weighted by molar-refractivity contribution is 0.792. The second-order valence-electron chi connectivity index (χ2n) is 13.3. The molecular formula is C49H33N. The number of hydrogen-bond donors (Lipinski definition) is 0. The average molecular weight is 636 g/mol. The first kappa shape index (κ1) is 28.6. The van der Waals surface area contributed by atoms with Gasteiger partial charge in [-0.3, -0.25) is 0 Å². The lowest BCUT2D eigenvalue weighted by Gasteiger charge is -2.32. The minimum atomic E-state index is -0.394. The maximum absolute atomic E-state index is 2.45. The van der Waals surface area contributed by atoms with Gasteiger partial charge in [-0.15, -0.1) is 0 Å². The molecule has 0 unspecified atom stereocenters. The van der Waals surface area contributed by atoms with E-state index in [0.717, 1.165) is 11.4 Å². The van der Waals surface area contributed by atoms with Crippen molar-refractivity contribution in [1.82, 2.24) is 0 Å². The first-order valence-electron chi connectivity index (χ1n) is 17.4. The van der Waals surface area contributed by atoms with E-state index >= 15 is 0 Å². The van der Waals surface area contributed by atoms with E-state index in [9.17, 15) is 0 Å². The minimum absolute atomic E-state index is 0.394. The largest absolute Gasteiger partial charge is 0.310 e. The number of benzene rings is 8. The van der Waals surface area contributed by atoms with Crippen LogP contribution in [0, 0.1) is 0 Å². The summed E-state index contributed by atoms with van der Waals surface area (Å²) in [5, 5.41) is 0. The predicted molar refractivity (Wildman–Crippen MR) is 208 cm³/mol. The maximum Gasteiger partial charge on any atom is 0.0726 e. The van der Waals surface area contributed by atoms with Gasteiger partial charge in [-0.1, -0.05) is 170 Å². The van der Waals surface area contributed by atoms with Crippen molar-refractivity contribution in [3.05, 3.63) is 222 Å². The van der Waals surface area contributed by atoms with Crippen molar-refractivity contribution in [2.24, 2.45) is 0 Å². The fraction of sp³-hybridized carbons (Fsp3) is 0.0204. The molecule has 234 valence electrons. The van der Waals surface area contributed by atoms with Crippen LogP contribution in [0.15, 0.2) is 200 Å². The van der Waals surface area contributed by atoms with Crippen LogP contribution in [0.2, 0.25) is 0 Å². The summed E-state index contributed by atoms with van der Waals surface area (Å²) < 4.78 is 0. The molecule has 0 aliphatic heterocycles. The number of nitrogens with zero attached hydrogens (tertiary/aromatic N) is 1. The van der Waals surface area contributed by atoms with E-state index in [0.29, 0.717) is 0 Å². The third-order valence-electron chi connectivity index (χ3n) is 10.7. The fourth-order valence-corrected chi connectivity index (χ4v) is 8.61. The van der Waals surface area contributed by atoms with Crippen molar-refractivity contribution in [3.8, 4) is 44.5 Å². The van der Waals surface area contributed by atoms with Crippen LogP contribution in [0.3, 0.4) is 0 Å². The highest BCUT2D eigenvalue weighted by Crippen LogP contribution is 2.66. The molecule has 1 heteroatoms. The fourth-order valence-electron chi connectivity index (χ4n) is 8.61. The molecule has 0 bridgehead atoms. The van der Waals surface area contributed by atoms with Crippen molar-refractivity contribution in [2.45, 2.75) is 5.41 Å². The van der Waals surface area contributed by atoms with Crippen LogP contribution < -0.4 is 4.90 Å². The predicted octanol–water partition coefficient (Wildman–Crippen LogP) is 12.8. The van der Waals surface area contributed by atoms with Gasteiger partial charge in [0.05, 0.1) is 11.1 Å². The molecule has 0 spiro atoms. The van der Waals surface area contributed by atoms with Gasteiger partial charge in [0.15, 0.2) is 0 Å². The molecule has 8 aromatic carbocycles. The van der Waals surface area contributed by atoms with E-state index in [-0.39, 0.29) is 0 Å². The highest BCUT2D eigenvalue weighted by Gasteiger charge is 2.53. The molecule has 0 saturated heterocycles. The number of fused-ring (bicyclic) bond motifs is 6. The molecule has 0 N–H and O–H groups in total. The van der Waals surface area contributed by atoms with Crippen molar-refractivity contribution in [3.63, 3.8) is 0 Å². The molecule has 0 saturated carbocycles. The van der Waals surface area contributed by atoms with Gasteiger partial charge in [-0.25, -0.2) is 0 Å². The van der Waals surface area contributed by atoms with Crippen LogP contribution in [-0.4, -0.2) is 0 Å². The number of anilines is 3.